The van der Waals surface area contributed by atoms with Crippen molar-refractivity contribution in [3.8, 4) is 11.5 Å². The zero-order valence-corrected chi connectivity index (χ0v) is 15.4. The van der Waals surface area contributed by atoms with Crippen LogP contribution in [0.1, 0.15) is 43.4 Å². The topological polar surface area (TPSA) is 65.4 Å². The van der Waals surface area contributed by atoms with Crippen LogP contribution in [0.3, 0.4) is 0 Å². The molecule has 6 heteroatoms. The normalized spacial score (nSPS) is 22.2. The highest BCUT2D eigenvalue weighted by Gasteiger charge is 2.45. The molecule has 2 aliphatic rings. The van der Waals surface area contributed by atoms with Crippen LogP contribution in [0.4, 0.5) is 0 Å². The van der Waals surface area contributed by atoms with Gasteiger partial charge in [-0.25, -0.2) is 0 Å². The monoisotopic (exact) mass is 355 g/mol. The lowest BCUT2D eigenvalue weighted by molar-refractivity contribution is -0.123. The first kappa shape index (κ1) is 16.9. The summed E-state index contributed by atoms with van der Waals surface area (Å²) >= 11 is 0. The van der Waals surface area contributed by atoms with Gasteiger partial charge in [0.15, 0.2) is 11.5 Å². The van der Waals surface area contributed by atoms with Gasteiger partial charge in [0.2, 0.25) is 5.91 Å². The fraction of sp³-hybridized carbons (Fsp3) is 0.500. The Morgan fingerprint density at radius 2 is 2.04 bits per heavy atom. The molecule has 1 N–H and O–H groups in total. The molecule has 3 atom stereocenters. The standard InChI is InChI=1S/C20H25N3O3/c1-12(2)19(13-4-5-17-18(8-13)26-7-6-25-17)22-20(24)16-9-15(16)14-10-21-23(3)11-14/h4-5,8,10-12,15-16,19H,6-7,9H2,1-3H3,(H,22,24)/t15-,16-,19+/m1/s1. The van der Waals surface area contributed by atoms with Crippen molar-refractivity contribution in [2.45, 2.75) is 32.2 Å². The summed E-state index contributed by atoms with van der Waals surface area (Å²) in [6.45, 7) is 5.37. The molecule has 2 heterocycles. The maximum atomic E-state index is 12.8. The lowest BCUT2D eigenvalue weighted by atomic mass is 9.95. The van der Waals surface area contributed by atoms with E-state index in [0.29, 0.717) is 13.2 Å². The fourth-order valence-corrected chi connectivity index (χ4v) is 3.63. The van der Waals surface area contributed by atoms with E-state index in [9.17, 15) is 4.79 Å². The summed E-state index contributed by atoms with van der Waals surface area (Å²) in [6.07, 6.45) is 4.75. The molecule has 0 saturated heterocycles. The van der Waals surface area contributed by atoms with Crippen LogP contribution >= 0.6 is 0 Å². The highest BCUT2D eigenvalue weighted by molar-refractivity contribution is 5.83. The number of rotatable bonds is 5. The number of aryl methyl sites for hydroxylation is 1. The van der Waals surface area contributed by atoms with Crippen LogP contribution in [0.15, 0.2) is 30.6 Å². The molecule has 0 spiro atoms. The van der Waals surface area contributed by atoms with E-state index in [-0.39, 0.29) is 29.7 Å². The van der Waals surface area contributed by atoms with E-state index >= 15 is 0 Å². The molecule has 1 amide bonds. The fourth-order valence-electron chi connectivity index (χ4n) is 3.63. The molecule has 6 nitrogen and oxygen atoms in total. The van der Waals surface area contributed by atoms with Gasteiger partial charge >= 0.3 is 0 Å². The molecule has 1 fully saturated rings. The van der Waals surface area contributed by atoms with Gasteiger partial charge in [0, 0.05) is 19.2 Å². The zero-order chi connectivity index (χ0) is 18.3. The van der Waals surface area contributed by atoms with Gasteiger partial charge in [0.1, 0.15) is 13.2 Å². The lowest BCUT2D eigenvalue weighted by Crippen LogP contribution is -2.33. The van der Waals surface area contributed by atoms with Gasteiger partial charge in [-0.1, -0.05) is 19.9 Å². The Hall–Kier alpha value is -2.50. The third-order valence-corrected chi connectivity index (χ3v) is 5.17. The number of aromatic nitrogens is 2. The van der Waals surface area contributed by atoms with E-state index in [1.807, 2.05) is 37.6 Å². The molecule has 0 radical (unpaired) electrons. The molecular weight excluding hydrogens is 330 g/mol. The minimum Gasteiger partial charge on any atom is -0.486 e. The average Bonchev–Trinajstić information content (AvgIpc) is 3.33. The Labute approximate surface area is 153 Å². The minimum absolute atomic E-state index is 0.0395. The summed E-state index contributed by atoms with van der Waals surface area (Å²) in [7, 11) is 1.90. The molecule has 26 heavy (non-hydrogen) atoms. The predicted molar refractivity (Wildman–Crippen MR) is 97.2 cm³/mol. The third-order valence-electron chi connectivity index (χ3n) is 5.17. The van der Waals surface area contributed by atoms with Gasteiger partial charge in [-0.2, -0.15) is 5.10 Å². The van der Waals surface area contributed by atoms with Crippen LogP contribution in [0.5, 0.6) is 11.5 Å². The number of amides is 1. The Balaban J connectivity index is 1.47. The summed E-state index contributed by atoms with van der Waals surface area (Å²) < 4.78 is 13.1. The summed E-state index contributed by atoms with van der Waals surface area (Å²) in [5.74, 6) is 2.25. The number of fused-ring (bicyclic) bond motifs is 1. The summed E-state index contributed by atoms with van der Waals surface area (Å²) in [5, 5.41) is 7.45. The van der Waals surface area contributed by atoms with Crippen molar-refractivity contribution in [1.29, 1.82) is 0 Å². The van der Waals surface area contributed by atoms with Crippen LogP contribution in [-0.2, 0) is 11.8 Å². The minimum atomic E-state index is -0.0477. The number of hydrogen-bond acceptors (Lipinski definition) is 4. The Bertz CT molecular complexity index is 814. The second kappa shape index (κ2) is 6.67. The van der Waals surface area contributed by atoms with E-state index in [1.54, 1.807) is 4.68 Å². The van der Waals surface area contributed by atoms with Crippen LogP contribution in [0.2, 0.25) is 0 Å². The molecule has 138 valence electrons. The highest BCUT2D eigenvalue weighted by atomic mass is 16.6. The van der Waals surface area contributed by atoms with Crippen LogP contribution in [0, 0.1) is 11.8 Å². The molecule has 1 aromatic carbocycles. The molecule has 0 bridgehead atoms. The smallest absolute Gasteiger partial charge is 0.224 e. The molecule has 2 aromatic rings. The van der Waals surface area contributed by atoms with Crippen molar-refractivity contribution < 1.29 is 14.3 Å². The number of nitrogens with zero attached hydrogens (tertiary/aromatic N) is 2. The largest absolute Gasteiger partial charge is 0.486 e. The van der Waals surface area contributed by atoms with Gasteiger partial charge < -0.3 is 14.8 Å². The Morgan fingerprint density at radius 3 is 2.73 bits per heavy atom. The second-order valence-corrected chi connectivity index (χ2v) is 7.53. The van der Waals surface area contributed by atoms with Gasteiger partial charge in [0.05, 0.1) is 12.2 Å². The van der Waals surface area contributed by atoms with Crippen molar-refractivity contribution in [1.82, 2.24) is 15.1 Å². The predicted octanol–water partition coefficient (Wildman–Crippen LogP) is 2.81. The third kappa shape index (κ3) is 3.28. The number of hydrogen-bond donors (Lipinski definition) is 1. The number of benzene rings is 1. The highest BCUT2D eigenvalue weighted by Crippen LogP contribution is 2.48. The summed E-state index contributed by atoms with van der Waals surface area (Å²) in [5.41, 5.74) is 2.20. The van der Waals surface area contributed by atoms with E-state index in [1.165, 1.54) is 0 Å². The van der Waals surface area contributed by atoms with Gasteiger partial charge in [-0.05, 0) is 41.5 Å². The molecule has 1 saturated carbocycles. The Morgan fingerprint density at radius 1 is 1.27 bits per heavy atom. The SMILES string of the molecule is CC(C)[C@H](NC(=O)[C@@H]1C[C@@H]1c1cnn(C)c1)c1ccc2c(c1)OCCO2. The Kier molecular flexibility index (Phi) is 4.34. The first-order valence-corrected chi connectivity index (χ1v) is 9.21. The molecule has 0 unspecified atom stereocenters. The molecular formula is C20H25N3O3. The van der Waals surface area contributed by atoms with Gasteiger partial charge in [-0.15, -0.1) is 0 Å². The summed E-state index contributed by atoms with van der Waals surface area (Å²) in [6, 6.07) is 5.89. The van der Waals surface area contributed by atoms with Gasteiger partial charge in [-0.3, -0.25) is 9.48 Å². The van der Waals surface area contributed by atoms with Crippen LogP contribution in [0.25, 0.3) is 0 Å². The second-order valence-electron chi connectivity index (χ2n) is 7.53. The number of carbonyl (C=O) groups excluding carboxylic acids is 1. The van der Waals surface area contributed by atoms with Crippen LogP contribution < -0.4 is 14.8 Å². The zero-order valence-electron chi connectivity index (χ0n) is 15.4. The van der Waals surface area contributed by atoms with Crippen molar-refractivity contribution >= 4 is 5.91 Å². The van der Waals surface area contributed by atoms with Crippen molar-refractivity contribution in [2.24, 2.45) is 18.9 Å². The van der Waals surface area contributed by atoms with E-state index < -0.39 is 0 Å². The molecule has 4 rings (SSSR count). The van der Waals surface area contributed by atoms with E-state index in [2.05, 4.69) is 24.3 Å². The number of carbonyl (C=O) groups is 1. The maximum absolute atomic E-state index is 12.8. The first-order valence-electron chi connectivity index (χ1n) is 9.21. The van der Waals surface area contributed by atoms with Gasteiger partial charge in [0.25, 0.3) is 0 Å². The molecule has 1 aliphatic heterocycles. The van der Waals surface area contributed by atoms with Crippen molar-refractivity contribution in [3.63, 3.8) is 0 Å². The summed E-state index contributed by atoms with van der Waals surface area (Å²) in [4.78, 5) is 12.8. The average molecular weight is 355 g/mol. The maximum Gasteiger partial charge on any atom is 0.224 e. The van der Waals surface area contributed by atoms with Crippen LogP contribution in [-0.4, -0.2) is 28.9 Å². The first-order chi connectivity index (χ1) is 12.5. The lowest BCUT2D eigenvalue weighted by Gasteiger charge is -2.25. The molecule has 1 aromatic heterocycles. The van der Waals surface area contributed by atoms with E-state index in [4.69, 9.17) is 9.47 Å². The quantitative estimate of drug-likeness (QED) is 0.896. The van der Waals surface area contributed by atoms with Crippen molar-refractivity contribution in [3.05, 3.63) is 41.7 Å². The number of ether oxygens (including phenoxy) is 2. The number of nitrogens with one attached hydrogen (secondary N) is 1. The van der Waals surface area contributed by atoms with Crippen molar-refractivity contribution in [2.75, 3.05) is 13.2 Å². The van der Waals surface area contributed by atoms with E-state index in [0.717, 1.165) is 29.0 Å². The molecule has 1 aliphatic carbocycles.